The van der Waals surface area contributed by atoms with E-state index in [2.05, 4.69) is 4.98 Å². The van der Waals surface area contributed by atoms with Gasteiger partial charge in [0.05, 0.1) is 7.11 Å². The van der Waals surface area contributed by atoms with Crippen LogP contribution in [0.2, 0.25) is 0 Å². The maximum Gasteiger partial charge on any atom is 0.301 e. The fraction of sp³-hybridized carbons (Fsp3) is 0.111. The quantitative estimate of drug-likeness (QED) is 0.660. The maximum atomic E-state index is 8.53. The molecule has 0 aliphatic rings. The molecule has 1 aromatic heterocycles. The Morgan fingerprint density at radius 3 is 3.08 bits per heavy atom. The Labute approximate surface area is 74.4 Å². The van der Waals surface area contributed by atoms with Crippen molar-refractivity contribution in [1.82, 2.24) is 4.98 Å². The van der Waals surface area contributed by atoms with E-state index in [4.69, 9.17) is 14.4 Å². The molecule has 0 aliphatic carbocycles. The van der Waals surface area contributed by atoms with Crippen LogP contribution in [0.5, 0.6) is 5.75 Å². The van der Waals surface area contributed by atoms with Crippen molar-refractivity contribution in [1.29, 1.82) is 5.26 Å². The van der Waals surface area contributed by atoms with Crippen molar-refractivity contribution in [2.75, 3.05) is 7.11 Å². The summed E-state index contributed by atoms with van der Waals surface area (Å²) in [5.74, 6) is 0.772. The second-order valence-corrected chi connectivity index (χ2v) is 2.46. The molecule has 0 radical (unpaired) electrons. The van der Waals surface area contributed by atoms with E-state index in [1.165, 1.54) is 0 Å². The van der Waals surface area contributed by atoms with E-state index in [9.17, 15) is 0 Å². The lowest BCUT2D eigenvalue weighted by Gasteiger charge is -1.95. The van der Waals surface area contributed by atoms with Crippen molar-refractivity contribution in [2.24, 2.45) is 0 Å². The zero-order valence-corrected chi connectivity index (χ0v) is 6.94. The Hall–Kier alpha value is -2.02. The van der Waals surface area contributed by atoms with Crippen LogP contribution in [0.3, 0.4) is 0 Å². The number of hydrogen-bond acceptors (Lipinski definition) is 4. The second kappa shape index (κ2) is 2.79. The highest BCUT2D eigenvalue weighted by Gasteiger charge is 2.04. The maximum absolute atomic E-state index is 8.53. The largest absolute Gasteiger partial charge is 0.497 e. The van der Waals surface area contributed by atoms with Crippen LogP contribution in [0.1, 0.15) is 5.89 Å². The minimum Gasteiger partial charge on any atom is -0.497 e. The molecule has 0 atom stereocenters. The number of hydrogen-bond donors (Lipinski definition) is 0. The molecule has 0 saturated carbocycles. The van der Waals surface area contributed by atoms with Crippen LogP contribution in [-0.2, 0) is 0 Å². The Balaban J connectivity index is 2.65. The molecular weight excluding hydrogens is 168 g/mol. The van der Waals surface area contributed by atoms with E-state index in [0.29, 0.717) is 16.8 Å². The van der Waals surface area contributed by atoms with Gasteiger partial charge >= 0.3 is 5.89 Å². The summed E-state index contributed by atoms with van der Waals surface area (Å²) in [4.78, 5) is 3.93. The fourth-order valence-corrected chi connectivity index (χ4v) is 1.08. The highest BCUT2D eigenvalue weighted by molar-refractivity contribution is 5.74. The minimum absolute atomic E-state index is 0.0725. The first-order chi connectivity index (χ1) is 6.33. The second-order valence-electron chi connectivity index (χ2n) is 2.46. The van der Waals surface area contributed by atoms with Gasteiger partial charge in [0.2, 0.25) is 0 Å². The van der Waals surface area contributed by atoms with Crippen LogP contribution in [0.25, 0.3) is 11.1 Å². The van der Waals surface area contributed by atoms with E-state index in [0.717, 1.165) is 0 Å². The molecule has 0 fully saturated rings. The first kappa shape index (κ1) is 7.62. The molecule has 1 heterocycles. The number of benzene rings is 1. The van der Waals surface area contributed by atoms with Crippen molar-refractivity contribution >= 4 is 11.1 Å². The van der Waals surface area contributed by atoms with Gasteiger partial charge in [-0.25, -0.2) is 0 Å². The molecule has 4 heteroatoms. The predicted octanol–water partition coefficient (Wildman–Crippen LogP) is 1.71. The zero-order chi connectivity index (χ0) is 9.26. The van der Waals surface area contributed by atoms with Crippen LogP contribution < -0.4 is 4.74 Å². The predicted molar refractivity (Wildman–Crippen MR) is 45.3 cm³/mol. The summed E-state index contributed by atoms with van der Waals surface area (Å²) in [5, 5.41) is 8.53. The Morgan fingerprint density at radius 2 is 2.38 bits per heavy atom. The van der Waals surface area contributed by atoms with Crippen molar-refractivity contribution < 1.29 is 9.15 Å². The van der Waals surface area contributed by atoms with E-state index >= 15 is 0 Å². The summed E-state index contributed by atoms with van der Waals surface area (Å²) in [6.07, 6.45) is 0. The number of aromatic nitrogens is 1. The van der Waals surface area contributed by atoms with Gasteiger partial charge in [-0.05, 0) is 12.1 Å². The van der Waals surface area contributed by atoms with Crippen LogP contribution >= 0.6 is 0 Å². The third-order valence-corrected chi connectivity index (χ3v) is 1.69. The molecule has 0 bridgehead atoms. The summed E-state index contributed by atoms with van der Waals surface area (Å²) in [6.45, 7) is 0. The lowest BCUT2D eigenvalue weighted by Crippen LogP contribution is -1.80. The number of rotatable bonds is 1. The van der Waals surface area contributed by atoms with Gasteiger partial charge in [-0.2, -0.15) is 10.2 Å². The van der Waals surface area contributed by atoms with E-state index in [1.54, 1.807) is 25.3 Å². The number of oxazole rings is 1. The molecule has 0 spiro atoms. The Morgan fingerprint density at radius 1 is 1.54 bits per heavy atom. The molecular formula is C9H6N2O2. The van der Waals surface area contributed by atoms with Crippen molar-refractivity contribution in [3.8, 4) is 11.8 Å². The van der Waals surface area contributed by atoms with Gasteiger partial charge in [0.15, 0.2) is 11.7 Å². The Kier molecular flexibility index (Phi) is 1.64. The smallest absolute Gasteiger partial charge is 0.301 e. The third kappa shape index (κ3) is 1.20. The molecule has 4 nitrogen and oxygen atoms in total. The third-order valence-electron chi connectivity index (χ3n) is 1.69. The summed E-state index contributed by atoms with van der Waals surface area (Å²) in [5.41, 5.74) is 1.23. The lowest BCUT2D eigenvalue weighted by atomic mass is 10.3. The van der Waals surface area contributed by atoms with Gasteiger partial charge in [-0.15, -0.1) is 0 Å². The fourth-order valence-electron chi connectivity index (χ4n) is 1.08. The minimum atomic E-state index is 0.0725. The van der Waals surface area contributed by atoms with E-state index in [1.807, 2.05) is 6.07 Å². The molecule has 0 N–H and O–H groups in total. The van der Waals surface area contributed by atoms with Crippen LogP contribution in [0.4, 0.5) is 0 Å². The molecule has 2 rings (SSSR count). The van der Waals surface area contributed by atoms with Gasteiger partial charge in [-0.1, -0.05) is 0 Å². The molecule has 2 aromatic rings. The van der Waals surface area contributed by atoms with Gasteiger partial charge in [0, 0.05) is 6.07 Å². The molecule has 13 heavy (non-hydrogen) atoms. The first-order valence-corrected chi connectivity index (χ1v) is 3.68. The van der Waals surface area contributed by atoms with Crippen LogP contribution in [0.15, 0.2) is 22.6 Å². The monoisotopic (exact) mass is 174 g/mol. The van der Waals surface area contributed by atoms with Crippen LogP contribution in [0, 0.1) is 11.3 Å². The molecule has 0 aliphatic heterocycles. The number of ether oxygens (including phenoxy) is 1. The van der Waals surface area contributed by atoms with Gasteiger partial charge in [-0.3, -0.25) is 0 Å². The van der Waals surface area contributed by atoms with E-state index < -0.39 is 0 Å². The Bertz CT molecular complexity index is 482. The van der Waals surface area contributed by atoms with Gasteiger partial charge in [0.1, 0.15) is 11.3 Å². The highest BCUT2D eigenvalue weighted by Crippen LogP contribution is 2.20. The summed E-state index contributed by atoms with van der Waals surface area (Å²) >= 11 is 0. The normalized spacial score (nSPS) is 9.85. The number of fused-ring (bicyclic) bond motifs is 1. The number of methoxy groups -OCH3 is 1. The standard InChI is InChI=1S/C9H6N2O2/c1-12-6-2-3-8-7(4-6)11-9(5-10)13-8/h2-4H,1H3. The van der Waals surface area contributed by atoms with Crippen molar-refractivity contribution in [2.45, 2.75) is 0 Å². The average molecular weight is 174 g/mol. The van der Waals surface area contributed by atoms with E-state index in [-0.39, 0.29) is 5.89 Å². The topological polar surface area (TPSA) is 59.0 Å². The molecule has 1 aromatic carbocycles. The lowest BCUT2D eigenvalue weighted by molar-refractivity contribution is 0.415. The van der Waals surface area contributed by atoms with Crippen LogP contribution in [-0.4, -0.2) is 12.1 Å². The first-order valence-electron chi connectivity index (χ1n) is 3.68. The van der Waals surface area contributed by atoms with Crippen molar-refractivity contribution in [3.05, 3.63) is 24.1 Å². The van der Waals surface area contributed by atoms with Crippen molar-refractivity contribution in [3.63, 3.8) is 0 Å². The van der Waals surface area contributed by atoms with Gasteiger partial charge < -0.3 is 9.15 Å². The van der Waals surface area contributed by atoms with Gasteiger partial charge in [0.25, 0.3) is 0 Å². The SMILES string of the molecule is COc1ccc2oc(C#N)nc2c1. The summed E-state index contributed by atoms with van der Waals surface area (Å²) in [6, 6.07) is 7.04. The summed E-state index contributed by atoms with van der Waals surface area (Å²) in [7, 11) is 1.58. The average Bonchev–Trinajstić information content (AvgIpc) is 2.58. The highest BCUT2D eigenvalue weighted by atomic mass is 16.5. The zero-order valence-electron chi connectivity index (χ0n) is 6.94. The molecule has 0 unspecified atom stereocenters. The number of nitriles is 1. The molecule has 64 valence electrons. The number of nitrogens with zero attached hydrogens (tertiary/aromatic N) is 2. The summed E-state index contributed by atoms with van der Waals surface area (Å²) < 4.78 is 10.1. The molecule has 0 saturated heterocycles. The molecule has 0 amide bonds.